The maximum Gasteiger partial charge on any atom is 0.146 e. The van der Waals surface area contributed by atoms with Crippen LogP contribution in [0.25, 0.3) is 0 Å². The van der Waals surface area contributed by atoms with Crippen LogP contribution in [0.15, 0.2) is 12.1 Å². The van der Waals surface area contributed by atoms with Crippen LogP contribution in [0.4, 0.5) is 14.5 Å². The molecular weight excluding hydrogens is 258 g/mol. The highest BCUT2D eigenvalue weighted by atomic mass is 19.1. The van der Waals surface area contributed by atoms with Crippen molar-refractivity contribution in [1.29, 1.82) is 0 Å². The predicted molar refractivity (Wildman–Crippen MR) is 79.2 cm³/mol. The molecule has 2 rings (SSSR count). The number of rotatable bonds is 2. The molecule has 1 aromatic carbocycles. The zero-order chi connectivity index (χ0) is 14.7. The van der Waals surface area contributed by atoms with Crippen LogP contribution in [0.2, 0.25) is 0 Å². The van der Waals surface area contributed by atoms with Gasteiger partial charge >= 0.3 is 0 Å². The normalized spacial score (nSPS) is 24.4. The number of benzene rings is 1. The average molecular weight is 282 g/mol. The largest absolute Gasteiger partial charge is 0.369 e. The summed E-state index contributed by atoms with van der Waals surface area (Å²) in [6, 6.07) is 3.09. The van der Waals surface area contributed by atoms with Crippen LogP contribution in [0.1, 0.15) is 32.3 Å². The monoisotopic (exact) mass is 282 g/mol. The number of halogens is 2. The lowest BCUT2D eigenvalue weighted by molar-refractivity contribution is 0.386. The Morgan fingerprint density at radius 1 is 1.30 bits per heavy atom. The second-order valence-electron chi connectivity index (χ2n) is 5.91. The minimum atomic E-state index is -0.332. The minimum Gasteiger partial charge on any atom is -0.369 e. The fourth-order valence-corrected chi connectivity index (χ4v) is 2.76. The molecule has 1 N–H and O–H groups in total. The van der Waals surface area contributed by atoms with E-state index in [1.807, 2.05) is 4.90 Å². The second kappa shape index (κ2) is 6.53. The lowest BCUT2D eigenvalue weighted by atomic mass is 10.0. The molecule has 4 heteroatoms. The summed E-state index contributed by atoms with van der Waals surface area (Å²) in [5.41, 5.74) is 0.760. The molecule has 1 heterocycles. The SMILES string of the molecule is CCC1CCN(c2cc(F)c(C)cc2F)CC(C)CN1. The van der Waals surface area contributed by atoms with Gasteiger partial charge in [0.05, 0.1) is 5.69 Å². The third kappa shape index (κ3) is 3.48. The molecule has 0 radical (unpaired) electrons. The van der Waals surface area contributed by atoms with Gasteiger partial charge in [-0.3, -0.25) is 0 Å². The van der Waals surface area contributed by atoms with Gasteiger partial charge in [0.25, 0.3) is 0 Å². The lowest BCUT2D eigenvalue weighted by Crippen LogP contribution is -2.43. The zero-order valence-corrected chi connectivity index (χ0v) is 12.5. The summed E-state index contributed by atoms with van der Waals surface area (Å²) >= 11 is 0. The lowest BCUT2D eigenvalue weighted by Gasteiger charge is -2.33. The summed E-state index contributed by atoms with van der Waals surface area (Å²) in [6.07, 6.45) is 2.02. The Morgan fingerprint density at radius 2 is 2.05 bits per heavy atom. The number of aryl methyl sites for hydroxylation is 1. The molecule has 1 fully saturated rings. The summed E-state index contributed by atoms with van der Waals surface area (Å²) in [7, 11) is 0. The molecule has 1 aliphatic rings. The molecule has 1 saturated heterocycles. The molecule has 2 nitrogen and oxygen atoms in total. The Balaban J connectivity index is 2.23. The molecule has 0 saturated carbocycles. The molecule has 0 aromatic heterocycles. The number of anilines is 1. The summed E-state index contributed by atoms with van der Waals surface area (Å²) in [6.45, 7) is 8.32. The van der Waals surface area contributed by atoms with Crippen LogP contribution in [0.5, 0.6) is 0 Å². The van der Waals surface area contributed by atoms with Crippen LogP contribution < -0.4 is 10.2 Å². The first-order valence-electron chi connectivity index (χ1n) is 7.45. The highest BCUT2D eigenvalue weighted by Gasteiger charge is 2.21. The van der Waals surface area contributed by atoms with Crippen molar-refractivity contribution in [3.05, 3.63) is 29.3 Å². The highest BCUT2D eigenvalue weighted by molar-refractivity contribution is 5.49. The van der Waals surface area contributed by atoms with Gasteiger partial charge in [0.15, 0.2) is 0 Å². The van der Waals surface area contributed by atoms with Gasteiger partial charge in [0, 0.05) is 25.2 Å². The zero-order valence-electron chi connectivity index (χ0n) is 12.5. The van der Waals surface area contributed by atoms with Crippen molar-refractivity contribution in [2.24, 2.45) is 5.92 Å². The van der Waals surface area contributed by atoms with Crippen LogP contribution in [-0.2, 0) is 0 Å². The van der Waals surface area contributed by atoms with E-state index in [1.54, 1.807) is 6.92 Å². The molecule has 20 heavy (non-hydrogen) atoms. The molecule has 2 unspecified atom stereocenters. The summed E-state index contributed by atoms with van der Waals surface area (Å²) < 4.78 is 27.9. The fourth-order valence-electron chi connectivity index (χ4n) is 2.76. The quantitative estimate of drug-likeness (QED) is 0.893. The summed E-state index contributed by atoms with van der Waals surface area (Å²) in [5, 5.41) is 3.53. The van der Waals surface area contributed by atoms with Gasteiger partial charge in [0.1, 0.15) is 11.6 Å². The molecule has 0 amide bonds. The molecule has 1 aromatic rings. The summed E-state index contributed by atoms with van der Waals surface area (Å²) in [5.74, 6) is -0.243. The summed E-state index contributed by atoms with van der Waals surface area (Å²) in [4.78, 5) is 1.99. The van der Waals surface area contributed by atoms with Crippen molar-refractivity contribution in [3.63, 3.8) is 0 Å². The first-order chi connectivity index (χ1) is 9.51. The van der Waals surface area contributed by atoms with Gasteiger partial charge in [-0.2, -0.15) is 0 Å². The number of nitrogens with one attached hydrogen (secondary N) is 1. The van der Waals surface area contributed by atoms with E-state index >= 15 is 0 Å². The highest BCUT2D eigenvalue weighted by Crippen LogP contribution is 2.25. The Labute approximate surface area is 120 Å². The van der Waals surface area contributed by atoms with E-state index in [0.717, 1.165) is 32.5 Å². The number of hydrogen-bond acceptors (Lipinski definition) is 2. The minimum absolute atomic E-state index is 0.322. The van der Waals surface area contributed by atoms with Crippen molar-refractivity contribution in [2.45, 2.75) is 39.7 Å². The van der Waals surface area contributed by atoms with Gasteiger partial charge in [0.2, 0.25) is 0 Å². The van der Waals surface area contributed by atoms with Gasteiger partial charge in [-0.15, -0.1) is 0 Å². The molecule has 1 aliphatic heterocycles. The molecule has 112 valence electrons. The van der Waals surface area contributed by atoms with Gasteiger partial charge in [-0.25, -0.2) is 8.78 Å². The first kappa shape index (κ1) is 15.2. The average Bonchev–Trinajstić information content (AvgIpc) is 2.39. The predicted octanol–water partition coefficient (Wildman–Crippen LogP) is 3.49. The van der Waals surface area contributed by atoms with Gasteiger partial charge < -0.3 is 10.2 Å². The van der Waals surface area contributed by atoms with E-state index in [2.05, 4.69) is 19.2 Å². The Kier molecular flexibility index (Phi) is 4.97. The van der Waals surface area contributed by atoms with Crippen molar-refractivity contribution in [1.82, 2.24) is 5.32 Å². The number of nitrogens with zero attached hydrogens (tertiary/aromatic N) is 1. The molecule has 0 spiro atoms. The van der Waals surface area contributed by atoms with Crippen molar-refractivity contribution < 1.29 is 8.78 Å². The fraction of sp³-hybridized carbons (Fsp3) is 0.625. The van der Waals surface area contributed by atoms with E-state index in [1.165, 1.54) is 12.1 Å². The smallest absolute Gasteiger partial charge is 0.146 e. The van der Waals surface area contributed by atoms with Crippen LogP contribution in [0.3, 0.4) is 0 Å². The molecular formula is C16H24F2N2. The van der Waals surface area contributed by atoms with E-state index in [0.29, 0.717) is 23.2 Å². The molecule has 0 bridgehead atoms. The Hall–Kier alpha value is -1.16. The van der Waals surface area contributed by atoms with Crippen LogP contribution in [-0.4, -0.2) is 25.7 Å². The second-order valence-corrected chi connectivity index (χ2v) is 5.91. The van der Waals surface area contributed by atoms with Crippen molar-refractivity contribution >= 4 is 5.69 Å². The third-order valence-electron chi connectivity index (χ3n) is 4.10. The third-order valence-corrected chi connectivity index (χ3v) is 4.10. The topological polar surface area (TPSA) is 15.3 Å². The van der Waals surface area contributed by atoms with Crippen LogP contribution in [0, 0.1) is 24.5 Å². The Bertz CT molecular complexity index is 462. The van der Waals surface area contributed by atoms with E-state index in [9.17, 15) is 8.78 Å². The van der Waals surface area contributed by atoms with Gasteiger partial charge in [-0.05, 0) is 43.9 Å². The van der Waals surface area contributed by atoms with E-state index in [4.69, 9.17) is 0 Å². The Morgan fingerprint density at radius 3 is 2.75 bits per heavy atom. The van der Waals surface area contributed by atoms with Crippen molar-refractivity contribution in [2.75, 3.05) is 24.5 Å². The van der Waals surface area contributed by atoms with Crippen molar-refractivity contribution in [3.8, 4) is 0 Å². The van der Waals surface area contributed by atoms with E-state index in [-0.39, 0.29) is 11.6 Å². The van der Waals surface area contributed by atoms with E-state index < -0.39 is 0 Å². The molecule has 0 aliphatic carbocycles. The standard InChI is InChI=1S/C16H24F2N2/c1-4-13-5-6-20(10-11(2)9-19-13)16-8-14(17)12(3)7-15(16)18/h7-8,11,13,19H,4-6,9-10H2,1-3H3. The maximum atomic E-state index is 14.1. The van der Waals surface area contributed by atoms with Crippen LogP contribution >= 0.6 is 0 Å². The molecule has 2 atom stereocenters. The van der Waals surface area contributed by atoms with Gasteiger partial charge in [-0.1, -0.05) is 13.8 Å². The first-order valence-corrected chi connectivity index (χ1v) is 7.45. The number of hydrogen-bond donors (Lipinski definition) is 1. The maximum absolute atomic E-state index is 14.1.